The van der Waals surface area contributed by atoms with Crippen molar-refractivity contribution in [3.63, 3.8) is 0 Å². The molecule has 9 heteroatoms. The number of ether oxygens (including phenoxy) is 1. The van der Waals surface area contributed by atoms with E-state index in [2.05, 4.69) is 9.97 Å². The zero-order chi connectivity index (χ0) is 18.2. The number of rotatable bonds is 4. The van der Waals surface area contributed by atoms with E-state index in [0.717, 1.165) is 6.08 Å². The van der Waals surface area contributed by atoms with Crippen LogP contribution in [0.1, 0.15) is 17.8 Å². The molecule has 0 fully saturated rings. The van der Waals surface area contributed by atoms with E-state index in [1.54, 1.807) is 11.6 Å². The lowest BCUT2D eigenvalue weighted by atomic mass is 10.00. The minimum absolute atomic E-state index is 0.105. The third kappa shape index (κ3) is 3.49. The van der Waals surface area contributed by atoms with E-state index in [4.69, 9.17) is 4.74 Å². The highest BCUT2D eigenvalue weighted by Crippen LogP contribution is 2.37. The van der Waals surface area contributed by atoms with Crippen LogP contribution < -0.4 is 4.74 Å². The molecular formula is C16H14F5N3O. The fourth-order valence-electron chi connectivity index (χ4n) is 2.75. The second-order valence-corrected chi connectivity index (χ2v) is 5.57. The van der Waals surface area contributed by atoms with Gasteiger partial charge in [0.25, 0.3) is 6.43 Å². The molecule has 3 rings (SSSR count). The highest BCUT2D eigenvalue weighted by atomic mass is 19.4. The van der Waals surface area contributed by atoms with E-state index in [9.17, 15) is 22.0 Å². The smallest absolute Gasteiger partial charge is 0.412 e. The lowest BCUT2D eigenvalue weighted by Crippen LogP contribution is -2.16. The Labute approximate surface area is 140 Å². The quantitative estimate of drug-likeness (QED) is 0.775. The van der Waals surface area contributed by atoms with Crippen LogP contribution in [0.5, 0.6) is 5.75 Å². The molecule has 0 radical (unpaired) electrons. The van der Waals surface area contributed by atoms with Gasteiger partial charge in [-0.15, -0.1) is 0 Å². The molecule has 2 aromatic rings. The third-order valence-corrected chi connectivity index (χ3v) is 3.94. The van der Waals surface area contributed by atoms with Gasteiger partial charge in [-0.25, -0.2) is 13.8 Å². The van der Waals surface area contributed by atoms with E-state index < -0.39 is 24.8 Å². The Balaban J connectivity index is 2.02. The van der Waals surface area contributed by atoms with Crippen LogP contribution in [0.4, 0.5) is 22.0 Å². The van der Waals surface area contributed by atoms with Gasteiger partial charge in [0.1, 0.15) is 18.2 Å². The molecule has 0 amide bonds. The summed E-state index contributed by atoms with van der Waals surface area (Å²) in [4.78, 5) is 8.10. The van der Waals surface area contributed by atoms with Crippen molar-refractivity contribution in [3.8, 4) is 17.1 Å². The van der Waals surface area contributed by atoms with Gasteiger partial charge in [-0.1, -0.05) is 0 Å². The molecule has 0 saturated heterocycles. The number of imidazole rings is 1. The molecule has 0 bridgehead atoms. The van der Waals surface area contributed by atoms with Crippen LogP contribution >= 0.6 is 0 Å². The van der Waals surface area contributed by atoms with Gasteiger partial charge in [0.05, 0.1) is 17.5 Å². The van der Waals surface area contributed by atoms with Gasteiger partial charge in [0.15, 0.2) is 0 Å². The van der Waals surface area contributed by atoms with Crippen molar-refractivity contribution in [1.29, 1.82) is 0 Å². The molecule has 1 aliphatic carbocycles. The van der Waals surface area contributed by atoms with Crippen LogP contribution in [0.2, 0.25) is 0 Å². The van der Waals surface area contributed by atoms with Crippen molar-refractivity contribution in [2.75, 3.05) is 6.61 Å². The maximum absolute atomic E-state index is 12.9. The third-order valence-electron chi connectivity index (χ3n) is 3.94. The summed E-state index contributed by atoms with van der Waals surface area (Å²) < 4.78 is 70.2. The van der Waals surface area contributed by atoms with Crippen molar-refractivity contribution >= 4 is 6.08 Å². The number of aromatic nitrogens is 3. The van der Waals surface area contributed by atoms with Crippen LogP contribution in [-0.4, -0.2) is 33.7 Å². The first-order chi connectivity index (χ1) is 11.8. The Kier molecular flexibility index (Phi) is 4.49. The van der Waals surface area contributed by atoms with E-state index in [-0.39, 0.29) is 24.3 Å². The van der Waals surface area contributed by atoms with Crippen molar-refractivity contribution in [3.05, 3.63) is 35.4 Å². The van der Waals surface area contributed by atoms with Gasteiger partial charge < -0.3 is 9.30 Å². The summed E-state index contributed by atoms with van der Waals surface area (Å²) in [7, 11) is 1.67. The highest BCUT2D eigenvalue weighted by Gasteiger charge is 2.36. The molecule has 2 aromatic heterocycles. The van der Waals surface area contributed by atoms with E-state index in [1.807, 2.05) is 0 Å². The number of allylic oxidation sites excluding steroid dienone is 1. The fourth-order valence-corrected chi connectivity index (χ4v) is 2.75. The standard InChI is InChI=1S/C16H14F5N3O/c1-24-12-3-2-9(16(19,20)21)6-11(12)23-15(24)10-4-5-22-7-13(10)25-8-14(17)18/h4-7,14H,2-3,8H2,1H3. The van der Waals surface area contributed by atoms with Crippen LogP contribution in [0.3, 0.4) is 0 Å². The summed E-state index contributed by atoms with van der Waals surface area (Å²) in [5.41, 5.74) is 0.648. The molecule has 0 aliphatic heterocycles. The normalized spacial score (nSPS) is 14.4. The number of pyridine rings is 1. The van der Waals surface area contributed by atoms with Gasteiger partial charge in [0.2, 0.25) is 0 Å². The van der Waals surface area contributed by atoms with Crippen LogP contribution in [0, 0.1) is 0 Å². The average Bonchev–Trinajstić information content (AvgIpc) is 2.89. The maximum Gasteiger partial charge on any atom is 0.412 e. The molecule has 1 aliphatic rings. The number of halogens is 5. The molecule has 0 atom stereocenters. The Morgan fingerprint density at radius 3 is 2.72 bits per heavy atom. The first kappa shape index (κ1) is 17.4. The molecule has 4 nitrogen and oxygen atoms in total. The monoisotopic (exact) mass is 359 g/mol. The Hall–Kier alpha value is -2.45. The molecule has 0 unspecified atom stereocenters. The first-order valence-electron chi connectivity index (χ1n) is 7.46. The number of hydrogen-bond donors (Lipinski definition) is 0. The maximum atomic E-state index is 12.9. The fraction of sp³-hybridized carbons (Fsp3) is 0.375. The lowest BCUT2D eigenvalue weighted by Gasteiger charge is -2.16. The van der Waals surface area contributed by atoms with Gasteiger partial charge in [-0.3, -0.25) is 4.98 Å². The molecule has 0 saturated carbocycles. The number of hydrogen-bond acceptors (Lipinski definition) is 3. The molecule has 134 valence electrons. The van der Waals surface area contributed by atoms with Crippen molar-refractivity contribution in [2.45, 2.75) is 25.4 Å². The largest absolute Gasteiger partial charge is 0.485 e. The zero-order valence-electron chi connectivity index (χ0n) is 13.1. The van der Waals surface area contributed by atoms with Crippen molar-refractivity contribution in [1.82, 2.24) is 14.5 Å². The molecule has 0 spiro atoms. The summed E-state index contributed by atoms with van der Waals surface area (Å²) in [5, 5.41) is 0. The number of fused-ring (bicyclic) bond motifs is 1. The molecule has 0 N–H and O–H groups in total. The van der Waals surface area contributed by atoms with E-state index in [0.29, 0.717) is 17.1 Å². The highest BCUT2D eigenvalue weighted by molar-refractivity contribution is 5.68. The average molecular weight is 359 g/mol. The summed E-state index contributed by atoms with van der Waals surface area (Å²) >= 11 is 0. The molecule has 25 heavy (non-hydrogen) atoms. The van der Waals surface area contributed by atoms with Gasteiger partial charge in [0, 0.05) is 24.5 Å². The molecule has 0 aromatic carbocycles. The second kappa shape index (κ2) is 6.45. The summed E-state index contributed by atoms with van der Waals surface area (Å²) in [5.74, 6) is 0.449. The van der Waals surface area contributed by atoms with Crippen LogP contribution in [0.25, 0.3) is 17.5 Å². The number of alkyl halides is 5. The molecular weight excluding hydrogens is 345 g/mol. The van der Waals surface area contributed by atoms with Gasteiger partial charge >= 0.3 is 6.18 Å². The van der Waals surface area contributed by atoms with E-state index >= 15 is 0 Å². The van der Waals surface area contributed by atoms with Crippen molar-refractivity contribution in [2.24, 2.45) is 7.05 Å². The summed E-state index contributed by atoms with van der Waals surface area (Å²) in [6, 6.07) is 1.53. The second-order valence-electron chi connectivity index (χ2n) is 5.57. The topological polar surface area (TPSA) is 39.9 Å². The van der Waals surface area contributed by atoms with Gasteiger partial charge in [-0.05, 0) is 25.0 Å². The van der Waals surface area contributed by atoms with Crippen LogP contribution in [-0.2, 0) is 13.5 Å². The minimum atomic E-state index is -4.39. The Bertz CT molecular complexity index is 811. The minimum Gasteiger partial charge on any atom is -0.485 e. The Morgan fingerprint density at radius 1 is 1.28 bits per heavy atom. The first-order valence-corrected chi connectivity index (χ1v) is 7.46. The SMILES string of the molecule is Cn1c(-c2ccncc2OCC(F)F)nc2c1CCC(C(F)(F)F)=C2. The van der Waals surface area contributed by atoms with Gasteiger partial charge in [-0.2, -0.15) is 13.2 Å². The summed E-state index contributed by atoms with van der Waals surface area (Å²) in [6.45, 7) is -0.805. The predicted molar refractivity (Wildman–Crippen MR) is 80.3 cm³/mol. The van der Waals surface area contributed by atoms with Crippen LogP contribution in [0.15, 0.2) is 24.0 Å². The Morgan fingerprint density at radius 2 is 2.04 bits per heavy atom. The zero-order valence-corrected chi connectivity index (χ0v) is 13.1. The predicted octanol–water partition coefficient (Wildman–Crippen LogP) is 4.02. The molecule has 2 heterocycles. The summed E-state index contributed by atoms with van der Waals surface area (Å²) in [6.07, 6.45) is -3.22. The van der Waals surface area contributed by atoms with Crippen molar-refractivity contribution < 1.29 is 26.7 Å². The van der Waals surface area contributed by atoms with E-state index in [1.165, 1.54) is 18.5 Å². The lowest BCUT2D eigenvalue weighted by molar-refractivity contribution is -0.0931. The number of nitrogens with zero attached hydrogens (tertiary/aromatic N) is 3.